The van der Waals surface area contributed by atoms with Gasteiger partial charge < -0.3 is 19.9 Å². The summed E-state index contributed by atoms with van der Waals surface area (Å²) in [6, 6.07) is 15.0. The molecular weight excluding hydrogens is 392 g/mol. The molecule has 0 aromatic heterocycles. The molecule has 0 saturated carbocycles. The molecule has 0 radical (unpaired) electrons. The zero-order valence-corrected chi connectivity index (χ0v) is 18.1. The van der Waals surface area contributed by atoms with Gasteiger partial charge in [0.25, 0.3) is 0 Å². The van der Waals surface area contributed by atoms with Crippen LogP contribution in [-0.4, -0.2) is 55.4 Å². The molecule has 31 heavy (non-hydrogen) atoms. The fourth-order valence-electron chi connectivity index (χ4n) is 3.34. The van der Waals surface area contributed by atoms with Gasteiger partial charge in [-0.1, -0.05) is 31.2 Å². The first-order valence-corrected chi connectivity index (χ1v) is 10.9. The van der Waals surface area contributed by atoms with E-state index in [1.54, 1.807) is 6.08 Å². The minimum absolute atomic E-state index is 0.202. The number of carbonyl (C=O) groups is 1. The molecular formula is C25H32N2O4. The number of nitrogens with zero attached hydrogens (tertiary/aromatic N) is 1. The van der Waals surface area contributed by atoms with E-state index < -0.39 is 6.10 Å². The first-order valence-electron chi connectivity index (χ1n) is 10.9. The summed E-state index contributed by atoms with van der Waals surface area (Å²) < 4.78 is 10.9. The third kappa shape index (κ3) is 7.83. The number of hydrogen-bond donors (Lipinski definition) is 2. The van der Waals surface area contributed by atoms with Crippen molar-refractivity contribution in [3.8, 4) is 5.75 Å². The molecule has 6 nitrogen and oxygen atoms in total. The second kappa shape index (κ2) is 12.2. The number of nitrogens with one attached hydrogen (secondary N) is 1. The van der Waals surface area contributed by atoms with E-state index in [0.29, 0.717) is 18.7 Å². The van der Waals surface area contributed by atoms with Gasteiger partial charge in [0.05, 0.1) is 25.9 Å². The molecule has 2 aromatic rings. The number of aliphatic hydroxyl groups is 1. The van der Waals surface area contributed by atoms with Crippen LogP contribution in [0.3, 0.4) is 0 Å². The van der Waals surface area contributed by atoms with Gasteiger partial charge in [-0.15, -0.1) is 0 Å². The molecule has 1 heterocycles. The van der Waals surface area contributed by atoms with E-state index in [0.717, 1.165) is 56.1 Å². The van der Waals surface area contributed by atoms with Crippen molar-refractivity contribution in [3.05, 3.63) is 65.7 Å². The van der Waals surface area contributed by atoms with E-state index in [9.17, 15) is 9.90 Å². The van der Waals surface area contributed by atoms with Crippen LogP contribution in [0.4, 0.5) is 5.69 Å². The Morgan fingerprint density at radius 3 is 2.55 bits per heavy atom. The lowest BCUT2D eigenvalue weighted by Crippen LogP contribution is -2.37. The summed E-state index contributed by atoms with van der Waals surface area (Å²) in [5.74, 6) is 0.627. The zero-order chi connectivity index (χ0) is 21.9. The lowest BCUT2D eigenvalue weighted by atomic mass is 10.1. The monoisotopic (exact) mass is 424 g/mol. The number of carbonyl (C=O) groups excluding carboxylic acids is 1. The Morgan fingerprint density at radius 2 is 1.87 bits per heavy atom. The number of benzene rings is 2. The molecule has 1 atom stereocenters. The molecule has 6 heteroatoms. The number of aliphatic hydroxyl groups excluding tert-OH is 1. The first kappa shape index (κ1) is 23.0. The van der Waals surface area contributed by atoms with E-state index in [1.165, 1.54) is 6.08 Å². The minimum Gasteiger partial charge on any atom is -0.494 e. The highest BCUT2D eigenvalue weighted by Crippen LogP contribution is 2.20. The second-order valence-electron chi connectivity index (χ2n) is 7.62. The highest BCUT2D eigenvalue weighted by Gasteiger charge is 2.13. The number of amides is 1. The van der Waals surface area contributed by atoms with Crippen molar-refractivity contribution in [2.45, 2.75) is 25.9 Å². The van der Waals surface area contributed by atoms with Crippen LogP contribution in [0.15, 0.2) is 54.6 Å². The van der Waals surface area contributed by atoms with E-state index >= 15 is 0 Å². The van der Waals surface area contributed by atoms with Crippen LogP contribution >= 0.6 is 0 Å². The molecule has 1 unspecified atom stereocenters. The molecule has 0 spiro atoms. The maximum absolute atomic E-state index is 12.2. The molecule has 1 aliphatic rings. The van der Waals surface area contributed by atoms with Gasteiger partial charge in [0.1, 0.15) is 5.75 Å². The van der Waals surface area contributed by atoms with Gasteiger partial charge in [-0.2, -0.15) is 0 Å². The minimum atomic E-state index is -0.517. The van der Waals surface area contributed by atoms with Crippen molar-refractivity contribution in [3.63, 3.8) is 0 Å². The van der Waals surface area contributed by atoms with Crippen LogP contribution in [0.25, 0.3) is 6.08 Å². The Kier molecular flexibility index (Phi) is 9.09. The number of anilines is 1. The summed E-state index contributed by atoms with van der Waals surface area (Å²) >= 11 is 0. The molecule has 2 aromatic carbocycles. The smallest absolute Gasteiger partial charge is 0.248 e. The lowest BCUT2D eigenvalue weighted by molar-refractivity contribution is -0.111. The Balaban J connectivity index is 1.45. The first-order chi connectivity index (χ1) is 15.1. The fourth-order valence-corrected chi connectivity index (χ4v) is 3.34. The molecule has 166 valence electrons. The van der Waals surface area contributed by atoms with Crippen molar-refractivity contribution in [1.82, 2.24) is 4.90 Å². The van der Waals surface area contributed by atoms with Gasteiger partial charge in [-0.3, -0.25) is 9.69 Å². The zero-order valence-electron chi connectivity index (χ0n) is 18.1. The van der Waals surface area contributed by atoms with E-state index in [1.807, 2.05) is 48.5 Å². The van der Waals surface area contributed by atoms with E-state index in [4.69, 9.17) is 9.47 Å². The Hall–Kier alpha value is -2.67. The summed E-state index contributed by atoms with van der Waals surface area (Å²) in [6.07, 6.45) is 4.40. The number of ether oxygens (including phenoxy) is 2. The topological polar surface area (TPSA) is 71.0 Å². The van der Waals surface area contributed by atoms with Crippen molar-refractivity contribution in [1.29, 1.82) is 0 Å². The molecule has 0 aliphatic carbocycles. The maximum atomic E-state index is 12.2. The summed E-state index contributed by atoms with van der Waals surface area (Å²) in [4.78, 5) is 14.5. The van der Waals surface area contributed by atoms with Crippen LogP contribution in [0.2, 0.25) is 0 Å². The van der Waals surface area contributed by atoms with Crippen molar-refractivity contribution in [2.24, 2.45) is 0 Å². The van der Waals surface area contributed by atoms with Gasteiger partial charge in [0.2, 0.25) is 5.91 Å². The van der Waals surface area contributed by atoms with E-state index in [-0.39, 0.29) is 5.91 Å². The quantitative estimate of drug-likeness (QED) is 0.567. The molecule has 1 amide bonds. The van der Waals surface area contributed by atoms with Gasteiger partial charge in [-0.05, 0) is 54.3 Å². The van der Waals surface area contributed by atoms with Crippen molar-refractivity contribution in [2.75, 3.05) is 44.8 Å². The van der Waals surface area contributed by atoms with Crippen LogP contribution in [-0.2, 0) is 9.53 Å². The highest BCUT2D eigenvalue weighted by atomic mass is 16.5. The molecule has 2 N–H and O–H groups in total. The number of morpholine rings is 1. The standard InChI is InChI=1S/C25H32N2O4/c1-2-17-31-23-10-3-20(4-11-23)5-12-25(29)26-22-8-6-21(7-9-22)24(28)13-14-27-15-18-30-19-16-27/h3-12,24,28H,2,13-19H2,1H3,(H,26,29)/b12-5+. The van der Waals surface area contributed by atoms with Crippen LogP contribution < -0.4 is 10.1 Å². The average Bonchev–Trinajstić information content (AvgIpc) is 2.81. The lowest BCUT2D eigenvalue weighted by Gasteiger charge is -2.27. The largest absolute Gasteiger partial charge is 0.494 e. The van der Waals surface area contributed by atoms with Crippen LogP contribution in [0.1, 0.15) is 37.0 Å². The number of hydrogen-bond acceptors (Lipinski definition) is 5. The van der Waals surface area contributed by atoms with E-state index in [2.05, 4.69) is 17.1 Å². The Bertz CT molecular complexity index is 828. The summed E-state index contributed by atoms with van der Waals surface area (Å²) in [5, 5.41) is 13.3. The second-order valence-corrected chi connectivity index (χ2v) is 7.62. The molecule has 1 fully saturated rings. The summed E-state index contributed by atoms with van der Waals surface area (Å²) in [5.41, 5.74) is 2.48. The molecule has 1 aliphatic heterocycles. The van der Waals surface area contributed by atoms with Gasteiger partial charge in [-0.25, -0.2) is 0 Å². The Labute approximate surface area is 184 Å². The summed E-state index contributed by atoms with van der Waals surface area (Å²) in [7, 11) is 0. The summed E-state index contributed by atoms with van der Waals surface area (Å²) in [6.45, 7) is 6.97. The van der Waals surface area contributed by atoms with Crippen molar-refractivity contribution >= 4 is 17.7 Å². The van der Waals surface area contributed by atoms with Crippen molar-refractivity contribution < 1.29 is 19.4 Å². The van der Waals surface area contributed by atoms with Gasteiger partial charge in [0.15, 0.2) is 0 Å². The highest BCUT2D eigenvalue weighted by molar-refractivity contribution is 6.01. The van der Waals surface area contributed by atoms with Crippen LogP contribution in [0.5, 0.6) is 5.75 Å². The number of rotatable bonds is 10. The van der Waals surface area contributed by atoms with Gasteiger partial charge >= 0.3 is 0 Å². The predicted octanol–water partition coefficient (Wildman–Crippen LogP) is 3.88. The molecule has 3 rings (SSSR count). The SMILES string of the molecule is CCCOc1ccc(/C=C/C(=O)Nc2ccc(C(O)CCN3CCOCC3)cc2)cc1. The third-order valence-electron chi connectivity index (χ3n) is 5.17. The average molecular weight is 425 g/mol. The molecule has 1 saturated heterocycles. The predicted molar refractivity (Wildman–Crippen MR) is 123 cm³/mol. The maximum Gasteiger partial charge on any atom is 0.248 e. The molecule has 0 bridgehead atoms. The van der Waals surface area contributed by atoms with Gasteiger partial charge in [0, 0.05) is 31.4 Å². The normalized spacial score (nSPS) is 15.7. The fraction of sp³-hybridized carbons (Fsp3) is 0.400. The van der Waals surface area contributed by atoms with Crippen LogP contribution in [0, 0.1) is 0 Å². The third-order valence-corrected chi connectivity index (χ3v) is 5.17. The Morgan fingerprint density at radius 1 is 1.16 bits per heavy atom.